The highest BCUT2D eigenvalue weighted by Gasteiger charge is 2.17. The summed E-state index contributed by atoms with van der Waals surface area (Å²) < 4.78 is 0. The van der Waals surface area contributed by atoms with Gasteiger partial charge in [0.2, 0.25) is 5.91 Å². The molecule has 3 N–H and O–H groups in total. The molecule has 1 rings (SSSR count). The van der Waals surface area contributed by atoms with Crippen LogP contribution in [-0.4, -0.2) is 43.7 Å². The number of carboxylic acids is 1. The quantitative estimate of drug-likeness (QED) is 0.737. The standard InChI is InChI=1S/C13H17N3O4/c1-14-11(17)7-8-15-13(20)16(2)10-6-4-3-5-9(10)12(18)19/h3-6H,7-8H2,1-2H3,(H,14,17)(H,15,20)(H,18,19). The number of amides is 3. The molecule has 0 fully saturated rings. The first-order valence-corrected chi connectivity index (χ1v) is 6.01. The molecule has 20 heavy (non-hydrogen) atoms. The normalized spacial score (nSPS) is 9.70. The minimum atomic E-state index is -1.11. The summed E-state index contributed by atoms with van der Waals surface area (Å²) in [5.41, 5.74) is 0.328. The molecule has 0 atom stereocenters. The van der Waals surface area contributed by atoms with Crippen molar-refractivity contribution in [2.45, 2.75) is 6.42 Å². The van der Waals surface area contributed by atoms with E-state index in [2.05, 4.69) is 10.6 Å². The SMILES string of the molecule is CNC(=O)CCNC(=O)N(C)c1ccccc1C(=O)O. The number of nitrogens with zero attached hydrogens (tertiary/aromatic N) is 1. The number of urea groups is 1. The molecule has 1 aromatic rings. The number of carbonyl (C=O) groups is 3. The van der Waals surface area contributed by atoms with E-state index in [-0.39, 0.29) is 30.1 Å². The summed E-state index contributed by atoms with van der Waals surface area (Å²) in [5.74, 6) is -1.29. The van der Waals surface area contributed by atoms with Crippen molar-refractivity contribution in [1.29, 1.82) is 0 Å². The molecule has 0 spiro atoms. The first-order valence-electron chi connectivity index (χ1n) is 6.01. The Hall–Kier alpha value is -2.57. The minimum Gasteiger partial charge on any atom is -0.478 e. The molecule has 0 aliphatic carbocycles. The molecule has 3 amide bonds. The molecule has 0 heterocycles. The highest BCUT2D eigenvalue weighted by molar-refractivity contribution is 6.01. The van der Waals surface area contributed by atoms with Crippen LogP contribution in [0.4, 0.5) is 10.5 Å². The van der Waals surface area contributed by atoms with Crippen LogP contribution < -0.4 is 15.5 Å². The Morgan fingerprint density at radius 2 is 1.90 bits per heavy atom. The fourth-order valence-electron chi connectivity index (χ4n) is 1.58. The van der Waals surface area contributed by atoms with Crippen molar-refractivity contribution in [3.63, 3.8) is 0 Å². The lowest BCUT2D eigenvalue weighted by Crippen LogP contribution is -2.39. The number of benzene rings is 1. The third kappa shape index (κ3) is 3.98. The van der Waals surface area contributed by atoms with E-state index >= 15 is 0 Å². The van der Waals surface area contributed by atoms with Gasteiger partial charge >= 0.3 is 12.0 Å². The number of hydrogen-bond acceptors (Lipinski definition) is 3. The molecule has 0 radical (unpaired) electrons. The van der Waals surface area contributed by atoms with E-state index in [4.69, 9.17) is 5.11 Å². The van der Waals surface area contributed by atoms with Crippen LogP contribution >= 0.6 is 0 Å². The van der Waals surface area contributed by atoms with E-state index < -0.39 is 12.0 Å². The zero-order chi connectivity index (χ0) is 15.1. The number of nitrogens with one attached hydrogen (secondary N) is 2. The summed E-state index contributed by atoms with van der Waals surface area (Å²) in [4.78, 5) is 35.2. The van der Waals surface area contributed by atoms with Gasteiger partial charge < -0.3 is 15.7 Å². The molecule has 108 valence electrons. The summed E-state index contributed by atoms with van der Waals surface area (Å²) in [6.45, 7) is 0.179. The van der Waals surface area contributed by atoms with Gasteiger partial charge in [-0.25, -0.2) is 9.59 Å². The summed E-state index contributed by atoms with van der Waals surface area (Å²) in [7, 11) is 2.98. The van der Waals surface area contributed by atoms with Crippen LogP contribution in [0.15, 0.2) is 24.3 Å². The van der Waals surface area contributed by atoms with Crippen LogP contribution in [-0.2, 0) is 4.79 Å². The van der Waals surface area contributed by atoms with E-state index in [0.717, 1.165) is 0 Å². The van der Waals surface area contributed by atoms with E-state index in [1.807, 2.05) is 0 Å². The van der Waals surface area contributed by atoms with Gasteiger partial charge in [-0.2, -0.15) is 0 Å². The predicted octanol–water partition coefficient (Wildman–Crippen LogP) is 0.667. The van der Waals surface area contributed by atoms with E-state index in [1.54, 1.807) is 18.2 Å². The number of aromatic carboxylic acids is 1. The van der Waals surface area contributed by atoms with E-state index in [0.29, 0.717) is 0 Å². The van der Waals surface area contributed by atoms with Crippen molar-refractivity contribution >= 4 is 23.6 Å². The Bertz CT molecular complexity index is 516. The second-order valence-electron chi connectivity index (χ2n) is 4.04. The highest BCUT2D eigenvalue weighted by Crippen LogP contribution is 2.18. The lowest BCUT2D eigenvalue weighted by Gasteiger charge is -2.19. The van der Waals surface area contributed by atoms with Gasteiger partial charge in [0.1, 0.15) is 0 Å². The summed E-state index contributed by atoms with van der Waals surface area (Å²) >= 11 is 0. The summed E-state index contributed by atoms with van der Waals surface area (Å²) in [5, 5.41) is 14.1. The Balaban J connectivity index is 2.70. The Kier molecular flexibility index (Phi) is 5.52. The Labute approximate surface area is 116 Å². The lowest BCUT2D eigenvalue weighted by molar-refractivity contribution is -0.120. The fourth-order valence-corrected chi connectivity index (χ4v) is 1.58. The highest BCUT2D eigenvalue weighted by atomic mass is 16.4. The first-order chi connectivity index (χ1) is 9.47. The van der Waals surface area contributed by atoms with E-state index in [1.165, 1.54) is 25.1 Å². The van der Waals surface area contributed by atoms with Gasteiger partial charge in [0.15, 0.2) is 0 Å². The smallest absolute Gasteiger partial charge is 0.337 e. The van der Waals surface area contributed by atoms with Crippen molar-refractivity contribution in [1.82, 2.24) is 10.6 Å². The fraction of sp³-hybridized carbons (Fsp3) is 0.308. The third-order valence-electron chi connectivity index (χ3n) is 2.71. The van der Waals surface area contributed by atoms with Gasteiger partial charge in [-0.1, -0.05) is 12.1 Å². The van der Waals surface area contributed by atoms with Gasteiger partial charge in [-0.05, 0) is 12.1 Å². The van der Waals surface area contributed by atoms with Gasteiger partial charge in [0.05, 0.1) is 11.3 Å². The Morgan fingerprint density at radius 1 is 1.25 bits per heavy atom. The van der Waals surface area contributed by atoms with Gasteiger partial charge in [-0.3, -0.25) is 9.69 Å². The number of carbonyl (C=O) groups excluding carboxylic acids is 2. The third-order valence-corrected chi connectivity index (χ3v) is 2.71. The van der Waals surface area contributed by atoms with Gasteiger partial charge in [-0.15, -0.1) is 0 Å². The van der Waals surface area contributed by atoms with Crippen molar-refractivity contribution in [2.24, 2.45) is 0 Å². The topological polar surface area (TPSA) is 98.7 Å². The van der Waals surface area contributed by atoms with Crippen LogP contribution in [0, 0.1) is 0 Å². The van der Waals surface area contributed by atoms with Gasteiger partial charge in [0.25, 0.3) is 0 Å². The second-order valence-corrected chi connectivity index (χ2v) is 4.04. The molecule has 0 aliphatic rings. The molecule has 0 unspecified atom stereocenters. The second kappa shape index (κ2) is 7.13. The predicted molar refractivity (Wildman–Crippen MR) is 73.9 cm³/mol. The minimum absolute atomic E-state index is 0.0384. The summed E-state index contributed by atoms with van der Waals surface area (Å²) in [6, 6.07) is 5.73. The van der Waals surface area contributed by atoms with Crippen molar-refractivity contribution in [2.75, 3.05) is 25.5 Å². The zero-order valence-corrected chi connectivity index (χ0v) is 11.3. The molecule has 0 aliphatic heterocycles. The first kappa shape index (κ1) is 15.5. The average molecular weight is 279 g/mol. The number of rotatable bonds is 5. The van der Waals surface area contributed by atoms with Crippen LogP contribution in [0.2, 0.25) is 0 Å². The number of anilines is 1. The maximum atomic E-state index is 11.9. The average Bonchev–Trinajstić information content (AvgIpc) is 2.45. The number of para-hydroxylation sites is 1. The Morgan fingerprint density at radius 3 is 2.50 bits per heavy atom. The molecular weight excluding hydrogens is 262 g/mol. The van der Waals surface area contributed by atoms with Crippen LogP contribution in [0.3, 0.4) is 0 Å². The molecule has 7 heteroatoms. The molecule has 0 saturated carbocycles. The molecular formula is C13H17N3O4. The van der Waals surface area contributed by atoms with Crippen LogP contribution in [0.5, 0.6) is 0 Å². The maximum Gasteiger partial charge on any atom is 0.337 e. The number of carboxylic acid groups (broad SMARTS) is 1. The van der Waals surface area contributed by atoms with Crippen LogP contribution in [0.1, 0.15) is 16.8 Å². The van der Waals surface area contributed by atoms with Crippen molar-refractivity contribution in [3.05, 3.63) is 29.8 Å². The molecule has 7 nitrogen and oxygen atoms in total. The van der Waals surface area contributed by atoms with Gasteiger partial charge in [0, 0.05) is 27.1 Å². The maximum absolute atomic E-state index is 11.9. The largest absolute Gasteiger partial charge is 0.478 e. The monoisotopic (exact) mass is 279 g/mol. The lowest BCUT2D eigenvalue weighted by atomic mass is 10.1. The molecule has 0 aromatic heterocycles. The summed E-state index contributed by atoms with van der Waals surface area (Å²) in [6.07, 6.45) is 0.163. The van der Waals surface area contributed by atoms with Crippen molar-refractivity contribution < 1.29 is 19.5 Å². The molecule has 0 saturated heterocycles. The zero-order valence-electron chi connectivity index (χ0n) is 11.3. The molecule has 0 bridgehead atoms. The molecule has 1 aromatic carbocycles. The number of hydrogen-bond donors (Lipinski definition) is 3. The van der Waals surface area contributed by atoms with E-state index in [9.17, 15) is 14.4 Å². The van der Waals surface area contributed by atoms with Crippen molar-refractivity contribution in [3.8, 4) is 0 Å². The van der Waals surface area contributed by atoms with Crippen LogP contribution in [0.25, 0.3) is 0 Å².